The average Bonchev–Trinajstić information content (AvgIpc) is 2.35. The van der Waals surface area contributed by atoms with Crippen LogP contribution in [-0.2, 0) is 4.74 Å². The highest BCUT2D eigenvalue weighted by atomic mass is 33.1. The quantitative estimate of drug-likeness (QED) is 0.570. The summed E-state index contributed by atoms with van der Waals surface area (Å²) < 4.78 is 4.42. The van der Waals surface area contributed by atoms with E-state index in [9.17, 15) is 9.59 Å². The SMILES string of the molecule is COC(=O)SSC(=O)N(C)c1ccccc1. The number of methoxy groups -OCH3 is 1. The third-order valence-corrected chi connectivity index (χ3v) is 3.65. The number of nitrogens with zero attached hydrogens (tertiary/aromatic N) is 1. The zero-order valence-corrected chi connectivity index (χ0v) is 10.5. The number of amides is 1. The second-order valence-electron chi connectivity index (χ2n) is 2.78. The highest BCUT2D eigenvalue weighted by Gasteiger charge is 2.14. The third kappa shape index (κ3) is 3.79. The van der Waals surface area contributed by atoms with Crippen molar-refractivity contribution in [3.05, 3.63) is 30.3 Å². The van der Waals surface area contributed by atoms with Gasteiger partial charge in [-0.15, -0.1) is 0 Å². The Bertz CT molecular complexity index is 370. The van der Waals surface area contributed by atoms with Gasteiger partial charge in [0.25, 0.3) is 5.24 Å². The molecule has 0 spiro atoms. The molecule has 6 heteroatoms. The largest absolute Gasteiger partial charge is 0.460 e. The van der Waals surface area contributed by atoms with Gasteiger partial charge in [-0.3, -0.25) is 4.79 Å². The second kappa shape index (κ2) is 6.44. The van der Waals surface area contributed by atoms with E-state index in [1.165, 1.54) is 12.0 Å². The Morgan fingerprint density at radius 2 is 1.81 bits per heavy atom. The molecule has 0 aliphatic rings. The fourth-order valence-electron chi connectivity index (χ4n) is 0.917. The predicted molar refractivity (Wildman–Crippen MR) is 67.8 cm³/mol. The molecular weight excluding hydrogens is 246 g/mol. The molecule has 0 N–H and O–H groups in total. The molecule has 1 aromatic rings. The summed E-state index contributed by atoms with van der Waals surface area (Å²) in [5.74, 6) is 0. The third-order valence-electron chi connectivity index (χ3n) is 1.77. The molecule has 1 rings (SSSR count). The normalized spacial score (nSPS) is 9.62. The van der Waals surface area contributed by atoms with E-state index >= 15 is 0 Å². The molecule has 4 nitrogen and oxygen atoms in total. The number of hydrogen-bond donors (Lipinski definition) is 0. The van der Waals surface area contributed by atoms with Gasteiger partial charge in [0.1, 0.15) is 0 Å². The van der Waals surface area contributed by atoms with Crippen LogP contribution in [0.25, 0.3) is 0 Å². The molecule has 0 saturated carbocycles. The Balaban J connectivity index is 2.52. The maximum Gasteiger partial charge on any atom is 0.378 e. The van der Waals surface area contributed by atoms with Crippen LogP contribution in [0.1, 0.15) is 0 Å². The van der Waals surface area contributed by atoms with Gasteiger partial charge in [0.2, 0.25) is 0 Å². The molecule has 0 fully saturated rings. The van der Waals surface area contributed by atoms with Crippen LogP contribution < -0.4 is 4.90 Å². The first-order valence-electron chi connectivity index (χ1n) is 4.40. The Morgan fingerprint density at radius 3 is 2.38 bits per heavy atom. The molecule has 0 aromatic heterocycles. The van der Waals surface area contributed by atoms with Crippen molar-refractivity contribution in [2.24, 2.45) is 0 Å². The van der Waals surface area contributed by atoms with Gasteiger partial charge in [-0.1, -0.05) is 18.2 Å². The number of rotatable bonds is 1. The van der Waals surface area contributed by atoms with E-state index in [-0.39, 0.29) is 5.24 Å². The summed E-state index contributed by atoms with van der Waals surface area (Å²) in [5, 5.41) is -0.707. The van der Waals surface area contributed by atoms with Gasteiger partial charge in [-0.2, -0.15) is 0 Å². The zero-order chi connectivity index (χ0) is 12.0. The Labute approximate surface area is 102 Å². The molecular formula is C10H11NO3S2. The molecule has 0 unspecified atom stereocenters. The minimum Gasteiger partial charge on any atom is -0.460 e. The highest BCUT2D eigenvalue weighted by molar-refractivity contribution is 8.87. The van der Waals surface area contributed by atoms with E-state index in [1.54, 1.807) is 7.05 Å². The summed E-state index contributed by atoms with van der Waals surface area (Å²) in [6.45, 7) is 0. The van der Waals surface area contributed by atoms with Gasteiger partial charge in [0, 0.05) is 34.3 Å². The molecule has 0 atom stereocenters. The summed E-state index contributed by atoms with van der Waals surface area (Å²) in [7, 11) is 4.55. The van der Waals surface area contributed by atoms with Crippen molar-refractivity contribution in [2.45, 2.75) is 0 Å². The highest BCUT2D eigenvalue weighted by Crippen LogP contribution is 2.28. The van der Waals surface area contributed by atoms with Crippen LogP contribution in [0.2, 0.25) is 0 Å². The second-order valence-corrected chi connectivity index (χ2v) is 4.80. The smallest absolute Gasteiger partial charge is 0.378 e. The van der Waals surface area contributed by atoms with Crippen LogP contribution in [0.5, 0.6) is 0 Å². The van der Waals surface area contributed by atoms with E-state index in [2.05, 4.69) is 4.74 Å². The predicted octanol–water partition coefficient (Wildman–Crippen LogP) is 3.39. The maximum absolute atomic E-state index is 11.6. The number of para-hydroxylation sites is 1. The molecule has 0 radical (unpaired) electrons. The first-order chi connectivity index (χ1) is 7.65. The van der Waals surface area contributed by atoms with Gasteiger partial charge >= 0.3 is 5.30 Å². The van der Waals surface area contributed by atoms with E-state index in [4.69, 9.17) is 0 Å². The van der Waals surface area contributed by atoms with Crippen molar-refractivity contribution in [3.63, 3.8) is 0 Å². The van der Waals surface area contributed by atoms with Crippen LogP contribution >= 0.6 is 21.6 Å². The molecule has 0 saturated heterocycles. The molecule has 16 heavy (non-hydrogen) atoms. The number of carbonyl (C=O) groups is 2. The number of anilines is 1. The first kappa shape index (κ1) is 12.9. The minimum atomic E-state index is -0.486. The van der Waals surface area contributed by atoms with Crippen molar-refractivity contribution in [1.29, 1.82) is 0 Å². The number of carbonyl (C=O) groups excluding carboxylic acids is 2. The maximum atomic E-state index is 11.6. The summed E-state index contributed by atoms with van der Waals surface area (Å²) >= 11 is 0. The lowest BCUT2D eigenvalue weighted by Crippen LogP contribution is -2.20. The van der Waals surface area contributed by atoms with Crippen LogP contribution in [0, 0.1) is 0 Å². The Morgan fingerprint density at radius 1 is 1.19 bits per heavy atom. The lowest BCUT2D eigenvalue weighted by molar-refractivity contribution is 0.200. The van der Waals surface area contributed by atoms with Gasteiger partial charge in [0.05, 0.1) is 7.11 Å². The summed E-state index contributed by atoms with van der Waals surface area (Å²) in [5.41, 5.74) is 0.783. The fraction of sp³-hybridized carbons (Fsp3) is 0.200. The van der Waals surface area contributed by atoms with Crippen LogP contribution in [0.4, 0.5) is 15.3 Å². The molecule has 0 bridgehead atoms. The van der Waals surface area contributed by atoms with Gasteiger partial charge in [-0.05, 0) is 12.1 Å². The van der Waals surface area contributed by atoms with E-state index in [0.717, 1.165) is 27.3 Å². The van der Waals surface area contributed by atoms with Crippen molar-refractivity contribution in [3.8, 4) is 0 Å². The van der Waals surface area contributed by atoms with Crippen molar-refractivity contribution >= 4 is 37.8 Å². The van der Waals surface area contributed by atoms with Crippen LogP contribution in [-0.4, -0.2) is 24.7 Å². The lowest BCUT2D eigenvalue weighted by atomic mass is 10.3. The Hall–Kier alpha value is -1.14. The number of hydrogen-bond acceptors (Lipinski definition) is 5. The van der Waals surface area contributed by atoms with Crippen molar-refractivity contribution in [1.82, 2.24) is 0 Å². The number of benzene rings is 1. The van der Waals surface area contributed by atoms with Gasteiger partial charge in [0.15, 0.2) is 0 Å². The first-order valence-corrected chi connectivity index (χ1v) is 6.55. The van der Waals surface area contributed by atoms with Crippen molar-refractivity contribution < 1.29 is 14.3 Å². The van der Waals surface area contributed by atoms with Gasteiger partial charge < -0.3 is 9.64 Å². The average molecular weight is 257 g/mol. The summed E-state index contributed by atoms with van der Waals surface area (Å²) in [6, 6.07) is 9.20. The summed E-state index contributed by atoms with van der Waals surface area (Å²) in [6.07, 6.45) is 0. The molecule has 0 heterocycles. The van der Waals surface area contributed by atoms with E-state index in [1.807, 2.05) is 30.3 Å². The lowest BCUT2D eigenvalue weighted by Gasteiger charge is -2.15. The van der Waals surface area contributed by atoms with Gasteiger partial charge in [-0.25, -0.2) is 4.79 Å². The van der Waals surface area contributed by atoms with E-state index < -0.39 is 5.30 Å². The Kier molecular flexibility index (Phi) is 5.21. The molecule has 1 aromatic carbocycles. The fourth-order valence-corrected chi connectivity index (χ4v) is 2.30. The standard InChI is InChI=1S/C10H11NO3S2/c1-11(8-6-4-3-5-7-8)9(12)15-16-10(13)14-2/h3-7H,1-2H3. The molecule has 0 aliphatic heterocycles. The van der Waals surface area contributed by atoms with Crippen LogP contribution in [0.3, 0.4) is 0 Å². The zero-order valence-electron chi connectivity index (χ0n) is 8.88. The number of ether oxygens (including phenoxy) is 1. The monoisotopic (exact) mass is 257 g/mol. The van der Waals surface area contributed by atoms with E-state index in [0.29, 0.717) is 0 Å². The topological polar surface area (TPSA) is 46.6 Å². The molecule has 86 valence electrons. The van der Waals surface area contributed by atoms with Crippen LogP contribution in [0.15, 0.2) is 30.3 Å². The molecule has 0 aliphatic carbocycles. The molecule has 1 amide bonds. The summed E-state index contributed by atoms with van der Waals surface area (Å²) in [4.78, 5) is 23.9. The van der Waals surface area contributed by atoms with Crippen molar-refractivity contribution in [2.75, 3.05) is 19.1 Å². The minimum absolute atomic E-state index is 0.221.